The SMILES string of the molecule is CC(C)C[C@@H]1CCOC2C(CNC2C(=O)NC2C(C)/C=C\CC(F)CSC3OC2C(O)C(O)C3O)C1. The number of hydrogen-bond acceptors (Lipinski definition) is 8. The topological polar surface area (TPSA) is 120 Å². The summed E-state index contributed by atoms with van der Waals surface area (Å²) in [4.78, 5) is 13.6. The number of nitrogens with one attached hydrogen (secondary N) is 2. The van der Waals surface area contributed by atoms with E-state index in [0.29, 0.717) is 25.0 Å². The van der Waals surface area contributed by atoms with Gasteiger partial charge in [-0.2, -0.15) is 0 Å². The number of allylic oxidation sites excluding steroid dienone is 1. The van der Waals surface area contributed by atoms with Gasteiger partial charge in [-0.1, -0.05) is 32.9 Å². The average Bonchev–Trinajstić information content (AvgIpc) is 3.10. The second-order valence-electron chi connectivity index (χ2n) is 11.4. The van der Waals surface area contributed by atoms with E-state index >= 15 is 0 Å². The number of thioether (sulfide) groups is 1. The van der Waals surface area contributed by atoms with E-state index in [9.17, 15) is 24.5 Å². The standard InChI is InChI=1S/C26H43FN2O6S/c1-13(2)9-15-7-8-34-23-16(10-15)11-28-19(23)25(33)29-18-14(3)5-4-6-17(27)12-36-26-22(32)20(30)21(31)24(18)35-26/h4-5,13-24,26,28,30-32H,6-12H2,1-3H3,(H,29,33)/b5-4-/t14?,15-,16?,17?,18?,19?,20?,21?,22?,23?,24?,26?/m0/s1. The van der Waals surface area contributed by atoms with Gasteiger partial charge < -0.3 is 35.4 Å². The van der Waals surface area contributed by atoms with Gasteiger partial charge in [0.15, 0.2) is 0 Å². The van der Waals surface area contributed by atoms with Crippen molar-refractivity contribution in [2.45, 2.75) is 101 Å². The maximum atomic E-state index is 14.3. The molecule has 10 heteroatoms. The first kappa shape index (κ1) is 28.3. The van der Waals surface area contributed by atoms with E-state index in [1.807, 2.05) is 13.0 Å². The van der Waals surface area contributed by atoms with Crippen LogP contribution in [0.15, 0.2) is 12.2 Å². The van der Waals surface area contributed by atoms with Gasteiger partial charge in [-0.05, 0) is 49.4 Å². The van der Waals surface area contributed by atoms with Crippen LogP contribution in [0.5, 0.6) is 0 Å². The molecular formula is C26H43FN2O6S. The summed E-state index contributed by atoms with van der Waals surface area (Å²) in [5.41, 5.74) is -0.909. The van der Waals surface area contributed by atoms with Crippen LogP contribution in [0.3, 0.4) is 0 Å². The van der Waals surface area contributed by atoms with E-state index in [4.69, 9.17) is 9.47 Å². The molecular weight excluding hydrogens is 487 g/mol. The third-order valence-electron chi connectivity index (χ3n) is 8.06. The molecule has 1 amide bonds. The lowest BCUT2D eigenvalue weighted by Crippen LogP contribution is -2.65. The molecule has 4 rings (SSSR count). The van der Waals surface area contributed by atoms with Gasteiger partial charge >= 0.3 is 0 Å². The number of amides is 1. The summed E-state index contributed by atoms with van der Waals surface area (Å²) >= 11 is 1.08. The molecule has 12 atom stereocenters. The van der Waals surface area contributed by atoms with E-state index in [1.165, 1.54) is 0 Å². The minimum atomic E-state index is -1.47. The van der Waals surface area contributed by atoms with Crippen LogP contribution in [0.2, 0.25) is 0 Å². The lowest BCUT2D eigenvalue weighted by atomic mass is 9.85. The fourth-order valence-electron chi connectivity index (χ4n) is 6.17. The summed E-state index contributed by atoms with van der Waals surface area (Å²) in [6, 6.07) is -1.22. The van der Waals surface area contributed by atoms with Crippen LogP contribution >= 0.6 is 11.8 Å². The highest BCUT2D eigenvalue weighted by Crippen LogP contribution is 2.35. The number of hydrogen-bond donors (Lipinski definition) is 5. The van der Waals surface area contributed by atoms with E-state index in [0.717, 1.165) is 31.0 Å². The number of ether oxygens (including phenoxy) is 2. The Labute approximate surface area is 217 Å². The van der Waals surface area contributed by atoms with Crippen LogP contribution in [0.4, 0.5) is 4.39 Å². The lowest BCUT2D eigenvalue weighted by molar-refractivity contribution is -0.207. The number of carbonyl (C=O) groups is 1. The maximum Gasteiger partial charge on any atom is 0.240 e. The quantitative estimate of drug-likeness (QED) is 0.346. The van der Waals surface area contributed by atoms with Crippen molar-refractivity contribution in [3.05, 3.63) is 12.2 Å². The predicted molar refractivity (Wildman–Crippen MR) is 136 cm³/mol. The summed E-state index contributed by atoms with van der Waals surface area (Å²) in [7, 11) is 0. The average molecular weight is 531 g/mol. The summed E-state index contributed by atoms with van der Waals surface area (Å²) < 4.78 is 26.5. The van der Waals surface area contributed by atoms with Gasteiger partial charge in [0.1, 0.15) is 42.1 Å². The fraction of sp³-hybridized carbons (Fsp3) is 0.885. The van der Waals surface area contributed by atoms with Crippen molar-refractivity contribution in [3.8, 4) is 0 Å². The molecule has 8 nitrogen and oxygen atoms in total. The summed E-state index contributed by atoms with van der Waals surface area (Å²) in [6.45, 7) is 7.67. The number of aliphatic hydroxyl groups is 3. The Morgan fingerprint density at radius 2 is 2.00 bits per heavy atom. The van der Waals surface area contributed by atoms with Crippen LogP contribution in [0.25, 0.3) is 0 Å². The molecule has 36 heavy (non-hydrogen) atoms. The van der Waals surface area contributed by atoms with Crippen molar-refractivity contribution in [1.29, 1.82) is 0 Å². The highest BCUT2D eigenvalue weighted by atomic mass is 32.2. The van der Waals surface area contributed by atoms with Gasteiger partial charge in [-0.15, -0.1) is 11.8 Å². The van der Waals surface area contributed by atoms with Crippen LogP contribution in [-0.2, 0) is 14.3 Å². The van der Waals surface area contributed by atoms with Crippen molar-refractivity contribution in [2.75, 3.05) is 18.9 Å². The molecule has 3 saturated heterocycles. The van der Waals surface area contributed by atoms with Crippen molar-refractivity contribution in [3.63, 3.8) is 0 Å². The Balaban J connectivity index is 1.50. The minimum absolute atomic E-state index is 0.0945. The summed E-state index contributed by atoms with van der Waals surface area (Å²) in [6.07, 6.45) is 0.396. The van der Waals surface area contributed by atoms with Gasteiger partial charge in [0.2, 0.25) is 5.91 Å². The normalized spacial score (nSPS) is 46.9. The molecule has 11 unspecified atom stereocenters. The number of rotatable bonds is 4. The van der Waals surface area contributed by atoms with E-state index in [1.54, 1.807) is 6.08 Å². The zero-order valence-electron chi connectivity index (χ0n) is 21.5. The maximum absolute atomic E-state index is 14.3. The molecule has 4 aliphatic heterocycles. The zero-order valence-corrected chi connectivity index (χ0v) is 22.3. The molecule has 0 aromatic carbocycles. The van der Waals surface area contributed by atoms with E-state index < -0.39 is 48.1 Å². The summed E-state index contributed by atoms with van der Waals surface area (Å²) in [5, 5.41) is 38.2. The van der Waals surface area contributed by atoms with Gasteiger partial charge in [0, 0.05) is 18.9 Å². The van der Waals surface area contributed by atoms with Gasteiger partial charge in [0.05, 0.1) is 12.1 Å². The second kappa shape index (κ2) is 12.4. The largest absolute Gasteiger partial charge is 0.388 e. The van der Waals surface area contributed by atoms with Crippen molar-refractivity contribution in [1.82, 2.24) is 10.6 Å². The number of halogens is 1. The molecule has 0 aromatic heterocycles. The molecule has 0 radical (unpaired) electrons. The molecule has 0 aromatic rings. The van der Waals surface area contributed by atoms with Crippen LogP contribution < -0.4 is 10.6 Å². The first-order valence-electron chi connectivity index (χ1n) is 13.4. The molecule has 4 aliphatic rings. The molecule has 0 saturated carbocycles. The molecule has 0 aliphatic carbocycles. The number of aliphatic hydroxyl groups excluding tert-OH is 3. The minimum Gasteiger partial charge on any atom is -0.388 e. The predicted octanol–water partition coefficient (Wildman–Crippen LogP) is 1.38. The van der Waals surface area contributed by atoms with Gasteiger partial charge in [-0.3, -0.25) is 4.79 Å². The molecule has 2 bridgehead atoms. The Morgan fingerprint density at radius 3 is 2.75 bits per heavy atom. The van der Waals surface area contributed by atoms with E-state index in [2.05, 4.69) is 24.5 Å². The van der Waals surface area contributed by atoms with Gasteiger partial charge in [0.25, 0.3) is 0 Å². The van der Waals surface area contributed by atoms with Crippen molar-refractivity contribution < 1.29 is 34.0 Å². The van der Waals surface area contributed by atoms with Crippen LogP contribution in [0.1, 0.15) is 46.5 Å². The van der Waals surface area contributed by atoms with Crippen molar-refractivity contribution >= 4 is 17.7 Å². The highest BCUT2D eigenvalue weighted by molar-refractivity contribution is 7.99. The number of fused-ring (bicyclic) bond motifs is 3. The molecule has 206 valence electrons. The lowest BCUT2D eigenvalue weighted by Gasteiger charge is -2.44. The Kier molecular flexibility index (Phi) is 9.74. The molecule has 0 spiro atoms. The van der Waals surface area contributed by atoms with Crippen LogP contribution in [0, 0.1) is 23.7 Å². The first-order valence-corrected chi connectivity index (χ1v) is 14.5. The first-order chi connectivity index (χ1) is 17.2. The molecule has 4 heterocycles. The Hall–Kier alpha value is -0.750. The van der Waals surface area contributed by atoms with E-state index in [-0.39, 0.29) is 36.0 Å². The monoisotopic (exact) mass is 530 g/mol. The Morgan fingerprint density at radius 1 is 1.22 bits per heavy atom. The fourth-order valence-corrected chi connectivity index (χ4v) is 7.27. The third-order valence-corrected chi connectivity index (χ3v) is 9.33. The third kappa shape index (κ3) is 6.45. The number of carbonyl (C=O) groups excluding carboxylic acids is 1. The molecule has 5 N–H and O–H groups in total. The smallest absolute Gasteiger partial charge is 0.240 e. The number of alkyl halides is 1. The second-order valence-corrected chi connectivity index (χ2v) is 12.6. The van der Waals surface area contributed by atoms with Crippen LogP contribution in [-0.4, -0.2) is 94.3 Å². The Bertz CT molecular complexity index is 775. The summed E-state index contributed by atoms with van der Waals surface area (Å²) in [5.74, 6) is 1.01. The zero-order chi connectivity index (χ0) is 26.0. The highest BCUT2D eigenvalue weighted by Gasteiger charge is 2.50. The van der Waals surface area contributed by atoms with Gasteiger partial charge in [-0.25, -0.2) is 4.39 Å². The van der Waals surface area contributed by atoms with Crippen molar-refractivity contribution in [2.24, 2.45) is 23.7 Å². The molecule has 3 fully saturated rings.